The number of nitrogens with two attached hydrogens (primary N) is 1. The minimum Gasteiger partial charge on any atom is -0.493 e. The molecule has 2 rings (SSSR count). The van der Waals surface area contributed by atoms with Gasteiger partial charge in [-0.3, -0.25) is 4.79 Å². The third kappa shape index (κ3) is 4.37. The topological polar surface area (TPSA) is 73.6 Å². The van der Waals surface area contributed by atoms with E-state index in [1.807, 2.05) is 31.2 Å². The van der Waals surface area contributed by atoms with Crippen LogP contribution < -0.4 is 20.5 Å². The molecule has 0 saturated heterocycles. The Hall–Kier alpha value is -1.72. The highest BCUT2D eigenvalue weighted by Gasteiger charge is 2.19. The monoisotopic (exact) mass is 312 g/mol. The van der Waals surface area contributed by atoms with Crippen molar-refractivity contribution in [3.8, 4) is 11.5 Å². The molecular weight excluding hydrogens is 292 g/mol. The van der Waals surface area contributed by atoms with Gasteiger partial charge in [-0.05, 0) is 25.5 Å². The molecule has 1 heterocycles. The predicted molar refractivity (Wildman–Crippen MR) is 85.0 cm³/mol. The number of para-hydroxylation sites is 1. The van der Waals surface area contributed by atoms with Crippen LogP contribution in [0.1, 0.15) is 18.9 Å². The van der Waals surface area contributed by atoms with Gasteiger partial charge >= 0.3 is 0 Å². The maximum atomic E-state index is 12.0. The molecule has 1 atom stereocenters. The number of hydrogen-bond donors (Lipinski definition) is 2. The molecular formula is C15H21ClN2O3. The average Bonchev–Trinajstić information content (AvgIpc) is 2.45. The van der Waals surface area contributed by atoms with Gasteiger partial charge in [0.2, 0.25) is 0 Å². The van der Waals surface area contributed by atoms with Gasteiger partial charge in [0.15, 0.2) is 11.5 Å². The first kappa shape index (κ1) is 17.3. The number of halogens is 1. The molecule has 0 spiro atoms. The van der Waals surface area contributed by atoms with E-state index in [4.69, 9.17) is 15.2 Å². The summed E-state index contributed by atoms with van der Waals surface area (Å²) in [5.74, 6) is 1.25. The molecule has 0 aliphatic carbocycles. The van der Waals surface area contributed by atoms with E-state index < -0.39 is 0 Å². The summed E-state index contributed by atoms with van der Waals surface area (Å²) >= 11 is 0. The van der Waals surface area contributed by atoms with E-state index in [-0.39, 0.29) is 31.0 Å². The Labute approximate surface area is 130 Å². The first-order valence-electron chi connectivity index (χ1n) is 6.66. The smallest absolute Gasteiger partial charge is 0.250 e. The van der Waals surface area contributed by atoms with Crippen LogP contribution in [0.25, 0.3) is 6.08 Å². The molecule has 3 N–H and O–H groups in total. The molecule has 0 aromatic heterocycles. The SMILES string of the molecule is COc1cccc2c1OCC(C(=O)NCCC(C)N)=C2.Cl. The summed E-state index contributed by atoms with van der Waals surface area (Å²) in [5, 5.41) is 2.84. The van der Waals surface area contributed by atoms with Gasteiger partial charge < -0.3 is 20.5 Å². The highest BCUT2D eigenvalue weighted by molar-refractivity contribution is 5.99. The van der Waals surface area contributed by atoms with E-state index in [1.54, 1.807) is 7.11 Å². The summed E-state index contributed by atoms with van der Waals surface area (Å²) in [5.41, 5.74) is 7.11. The summed E-state index contributed by atoms with van der Waals surface area (Å²) in [4.78, 5) is 12.0. The molecule has 1 aliphatic rings. The van der Waals surface area contributed by atoms with E-state index >= 15 is 0 Å². The molecule has 1 aromatic carbocycles. The summed E-state index contributed by atoms with van der Waals surface area (Å²) in [6.45, 7) is 2.73. The van der Waals surface area contributed by atoms with Crippen LogP contribution in [0.4, 0.5) is 0 Å². The largest absolute Gasteiger partial charge is 0.493 e. The highest BCUT2D eigenvalue weighted by Crippen LogP contribution is 2.35. The number of amides is 1. The standard InChI is InChI=1S/C15H20N2O3.ClH/c1-10(16)6-7-17-15(18)12-8-11-4-3-5-13(19-2)14(11)20-9-12;/h3-5,8,10H,6-7,9,16H2,1-2H3,(H,17,18);1H. The molecule has 1 aliphatic heterocycles. The number of methoxy groups -OCH3 is 1. The zero-order chi connectivity index (χ0) is 14.5. The second-order valence-corrected chi connectivity index (χ2v) is 4.86. The lowest BCUT2D eigenvalue weighted by molar-refractivity contribution is -0.117. The number of carbonyl (C=O) groups excluding carboxylic acids is 1. The van der Waals surface area contributed by atoms with Crippen molar-refractivity contribution in [3.05, 3.63) is 29.3 Å². The number of hydrogen-bond acceptors (Lipinski definition) is 4. The molecule has 0 fully saturated rings. The summed E-state index contributed by atoms with van der Waals surface area (Å²) < 4.78 is 10.9. The van der Waals surface area contributed by atoms with Gasteiger partial charge in [-0.2, -0.15) is 0 Å². The number of fused-ring (bicyclic) bond motifs is 1. The summed E-state index contributed by atoms with van der Waals surface area (Å²) in [6.07, 6.45) is 2.59. The van der Waals surface area contributed by atoms with Crippen molar-refractivity contribution in [3.63, 3.8) is 0 Å². The van der Waals surface area contributed by atoms with Crippen molar-refractivity contribution >= 4 is 24.4 Å². The molecule has 0 radical (unpaired) electrons. The number of ether oxygens (including phenoxy) is 2. The van der Waals surface area contributed by atoms with Crippen molar-refractivity contribution < 1.29 is 14.3 Å². The number of rotatable bonds is 5. The van der Waals surface area contributed by atoms with Gasteiger partial charge in [0.1, 0.15) is 6.61 Å². The van der Waals surface area contributed by atoms with E-state index in [1.165, 1.54) is 0 Å². The van der Waals surface area contributed by atoms with Crippen LogP contribution in [0.5, 0.6) is 11.5 Å². The molecule has 0 bridgehead atoms. The molecule has 6 heteroatoms. The van der Waals surface area contributed by atoms with Crippen LogP contribution >= 0.6 is 12.4 Å². The first-order valence-corrected chi connectivity index (χ1v) is 6.66. The quantitative estimate of drug-likeness (QED) is 0.868. The zero-order valence-electron chi connectivity index (χ0n) is 12.2. The molecule has 116 valence electrons. The lowest BCUT2D eigenvalue weighted by Gasteiger charge is -2.19. The van der Waals surface area contributed by atoms with Crippen LogP contribution in [0.2, 0.25) is 0 Å². The zero-order valence-corrected chi connectivity index (χ0v) is 13.0. The van der Waals surface area contributed by atoms with Gasteiger partial charge in [0.05, 0.1) is 12.7 Å². The Morgan fingerprint density at radius 2 is 2.29 bits per heavy atom. The Kier molecular flexibility index (Phi) is 6.52. The van der Waals surface area contributed by atoms with Crippen molar-refractivity contribution in [2.24, 2.45) is 5.73 Å². The van der Waals surface area contributed by atoms with Crippen molar-refractivity contribution in [2.45, 2.75) is 19.4 Å². The maximum absolute atomic E-state index is 12.0. The molecule has 1 unspecified atom stereocenters. The van der Waals surface area contributed by atoms with Crippen LogP contribution in [0.3, 0.4) is 0 Å². The van der Waals surface area contributed by atoms with E-state index in [0.29, 0.717) is 23.6 Å². The van der Waals surface area contributed by atoms with Crippen LogP contribution in [0.15, 0.2) is 23.8 Å². The van der Waals surface area contributed by atoms with E-state index in [0.717, 1.165) is 12.0 Å². The van der Waals surface area contributed by atoms with E-state index in [9.17, 15) is 4.79 Å². The second-order valence-electron chi connectivity index (χ2n) is 4.86. The van der Waals surface area contributed by atoms with Crippen molar-refractivity contribution in [2.75, 3.05) is 20.3 Å². The minimum absolute atomic E-state index is 0. The minimum atomic E-state index is -0.112. The van der Waals surface area contributed by atoms with Gasteiger partial charge in [0.25, 0.3) is 5.91 Å². The molecule has 0 saturated carbocycles. The fourth-order valence-electron chi connectivity index (χ4n) is 2.00. The van der Waals surface area contributed by atoms with Crippen molar-refractivity contribution in [1.29, 1.82) is 0 Å². The fourth-order valence-corrected chi connectivity index (χ4v) is 2.00. The molecule has 1 aromatic rings. The number of nitrogens with one attached hydrogen (secondary N) is 1. The van der Waals surface area contributed by atoms with Crippen molar-refractivity contribution in [1.82, 2.24) is 5.32 Å². The normalized spacial score (nSPS) is 14.0. The lowest BCUT2D eigenvalue weighted by Crippen LogP contribution is -2.32. The fraction of sp³-hybridized carbons (Fsp3) is 0.400. The number of benzene rings is 1. The summed E-state index contributed by atoms with van der Waals surface area (Å²) in [7, 11) is 1.60. The number of carbonyl (C=O) groups is 1. The third-order valence-corrected chi connectivity index (χ3v) is 3.11. The maximum Gasteiger partial charge on any atom is 0.250 e. The van der Waals surface area contributed by atoms with Gasteiger partial charge in [-0.25, -0.2) is 0 Å². The second kappa shape index (κ2) is 7.90. The van der Waals surface area contributed by atoms with Gasteiger partial charge in [-0.15, -0.1) is 12.4 Å². The van der Waals surface area contributed by atoms with Crippen LogP contribution in [-0.2, 0) is 4.79 Å². The first-order chi connectivity index (χ1) is 9.61. The Bertz CT molecular complexity index is 530. The summed E-state index contributed by atoms with van der Waals surface area (Å²) in [6, 6.07) is 5.68. The van der Waals surface area contributed by atoms with Crippen LogP contribution in [0, 0.1) is 0 Å². The third-order valence-electron chi connectivity index (χ3n) is 3.11. The average molecular weight is 313 g/mol. The Morgan fingerprint density at radius 1 is 1.52 bits per heavy atom. The van der Waals surface area contributed by atoms with E-state index in [2.05, 4.69) is 5.32 Å². The van der Waals surface area contributed by atoms with Crippen LogP contribution in [-0.4, -0.2) is 32.2 Å². The Balaban J connectivity index is 0.00000220. The van der Waals surface area contributed by atoms with Gasteiger partial charge in [0, 0.05) is 18.2 Å². The Morgan fingerprint density at radius 3 is 2.95 bits per heavy atom. The predicted octanol–water partition coefficient (Wildman–Crippen LogP) is 1.75. The molecule has 5 nitrogen and oxygen atoms in total. The van der Waals surface area contributed by atoms with Gasteiger partial charge in [-0.1, -0.05) is 12.1 Å². The highest BCUT2D eigenvalue weighted by atomic mass is 35.5. The molecule has 21 heavy (non-hydrogen) atoms. The lowest BCUT2D eigenvalue weighted by atomic mass is 10.1. The molecule has 1 amide bonds.